The van der Waals surface area contributed by atoms with Crippen LogP contribution in [0.15, 0.2) is 0 Å². The van der Waals surface area contributed by atoms with Crippen LogP contribution in [-0.2, 0) is 4.79 Å². The van der Waals surface area contributed by atoms with Gasteiger partial charge in [-0.2, -0.15) is 5.26 Å². The first kappa shape index (κ1) is 17.2. The minimum Gasteiger partial charge on any atom is -0.481 e. The SMILES string of the molecule is CC(CC#N)N(C)C(=O)N(CCC(=O)O)C(C)(C)C. The molecule has 1 atom stereocenters. The molecule has 0 spiro atoms. The van der Waals surface area contributed by atoms with E-state index < -0.39 is 11.5 Å². The number of carbonyl (C=O) groups excluding carboxylic acids is 1. The average molecular weight is 269 g/mol. The summed E-state index contributed by atoms with van der Waals surface area (Å²) in [5.41, 5.74) is -0.465. The lowest BCUT2D eigenvalue weighted by molar-refractivity contribution is -0.137. The van der Waals surface area contributed by atoms with E-state index in [9.17, 15) is 9.59 Å². The predicted molar refractivity (Wildman–Crippen MR) is 71.6 cm³/mol. The van der Waals surface area contributed by atoms with Gasteiger partial charge in [0.05, 0.1) is 18.9 Å². The van der Waals surface area contributed by atoms with E-state index in [1.54, 1.807) is 14.0 Å². The second-order valence-corrected chi connectivity index (χ2v) is 5.57. The highest BCUT2D eigenvalue weighted by Gasteiger charge is 2.30. The van der Waals surface area contributed by atoms with Crippen molar-refractivity contribution in [2.24, 2.45) is 0 Å². The second-order valence-electron chi connectivity index (χ2n) is 5.57. The zero-order chi connectivity index (χ0) is 15.2. The molecule has 0 rings (SSSR count). The van der Waals surface area contributed by atoms with Gasteiger partial charge in [0.2, 0.25) is 0 Å². The largest absolute Gasteiger partial charge is 0.481 e. The number of hydrogen-bond donors (Lipinski definition) is 1. The zero-order valence-electron chi connectivity index (χ0n) is 12.3. The van der Waals surface area contributed by atoms with E-state index in [0.717, 1.165) is 0 Å². The molecule has 0 aromatic heterocycles. The number of carboxylic acids is 1. The van der Waals surface area contributed by atoms with Crippen molar-refractivity contribution in [1.29, 1.82) is 5.26 Å². The Morgan fingerprint density at radius 1 is 1.37 bits per heavy atom. The van der Waals surface area contributed by atoms with Crippen LogP contribution >= 0.6 is 0 Å². The molecule has 0 saturated heterocycles. The van der Waals surface area contributed by atoms with Crippen molar-refractivity contribution in [2.45, 2.75) is 52.1 Å². The van der Waals surface area contributed by atoms with E-state index in [0.29, 0.717) is 0 Å². The fourth-order valence-corrected chi connectivity index (χ4v) is 1.57. The van der Waals surface area contributed by atoms with Crippen molar-refractivity contribution in [2.75, 3.05) is 13.6 Å². The van der Waals surface area contributed by atoms with Crippen molar-refractivity contribution in [3.8, 4) is 6.07 Å². The van der Waals surface area contributed by atoms with E-state index in [2.05, 4.69) is 0 Å². The third-order valence-electron chi connectivity index (χ3n) is 2.94. The Kier molecular flexibility index (Phi) is 6.33. The highest BCUT2D eigenvalue weighted by atomic mass is 16.4. The van der Waals surface area contributed by atoms with Crippen LogP contribution in [0.2, 0.25) is 0 Å². The van der Waals surface area contributed by atoms with Gasteiger partial charge >= 0.3 is 12.0 Å². The predicted octanol–water partition coefficient (Wildman–Crippen LogP) is 1.92. The lowest BCUT2D eigenvalue weighted by atomic mass is 10.1. The third-order valence-corrected chi connectivity index (χ3v) is 2.94. The molecule has 2 amide bonds. The Balaban J connectivity index is 4.91. The number of nitriles is 1. The lowest BCUT2D eigenvalue weighted by Crippen LogP contribution is -2.53. The van der Waals surface area contributed by atoms with Gasteiger partial charge in [0.1, 0.15) is 0 Å². The standard InChI is InChI=1S/C13H23N3O3/c1-10(6-8-14)15(5)12(19)16(13(2,3)4)9-7-11(17)18/h10H,6-7,9H2,1-5H3,(H,17,18). The van der Waals surface area contributed by atoms with Crippen LogP contribution in [0.1, 0.15) is 40.5 Å². The van der Waals surface area contributed by atoms with Crippen molar-refractivity contribution < 1.29 is 14.7 Å². The maximum absolute atomic E-state index is 12.4. The number of amides is 2. The van der Waals surface area contributed by atoms with Crippen molar-refractivity contribution in [3.63, 3.8) is 0 Å². The first-order chi connectivity index (χ1) is 8.61. The minimum atomic E-state index is -0.935. The van der Waals surface area contributed by atoms with Crippen LogP contribution in [0.5, 0.6) is 0 Å². The van der Waals surface area contributed by atoms with Crippen molar-refractivity contribution in [3.05, 3.63) is 0 Å². The van der Waals surface area contributed by atoms with E-state index in [1.165, 1.54) is 9.80 Å². The van der Waals surface area contributed by atoms with Crippen LogP contribution in [0, 0.1) is 11.3 Å². The maximum atomic E-state index is 12.4. The highest BCUT2D eigenvalue weighted by molar-refractivity contribution is 5.76. The number of aliphatic carboxylic acids is 1. The zero-order valence-corrected chi connectivity index (χ0v) is 12.3. The van der Waals surface area contributed by atoms with Gasteiger partial charge in [0.15, 0.2) is 0 Å². The van der Waals surface area contributed by atoms with Crippen LogP contribution in [0.4, 0.5) is 4.79 Å². The Morgan fingerprint density at radius 3 is 2.26 bits per heavy atom. The molecule has 108 valence electrons. The molecule has 0 bridgehead atoms. The first-order valence-electron chi connectivity index (χ1n) is 6.24. The lowest BCUT2D eigenvalue weighted by Gasteiger charge is -2.39. The van der Waals surface area contributed by atoms with Gasteiger partial charge in [-0.1, -0.05) is 0 Å². The molecule has 0 aliphatic heterocycles. The van der Waals surface area contributed by atoms with E-state index in [1.807, 2.05) is 26.8 Å². The number of rotatable bonds is 5. The van der Waals surface area contributed by atoms with E-state index in [4.69, 9.17) is 10.4 Å². The van der Waals surface area contributed by atoms with Crippen LogP contribution in [0.25, 0.3) is 0 Å². The molecule has 0 fully saturated rings. The molecule has 0 aromatic rings. The minimum absolute atomic E-state index is 0.0938. The number of carbonyl (C=O) groups is 2. The Labute approximate surface area is 114 Å². The fraction of sp³-hybridized carbons (Fsp3) is 0.769. The van der Waals surface area contributed by atoms with Crippen molar-refractivity contribution in [1.82, 2.24) is 9.80 Å². The molecule has 0 heterocycles. The Morgan fingerprint density at radius 2 is 1.89 bits per heavy atom. The van der Waals surface area contributed by atoms with Gasteiger partial charge < -0.3 is 14.9 Å². The summed E-state index contributed by atoms with van der Waals surface area (Å²) in [7, 11) is 1.63. The first-order valence-corrected chi connectivity index (χ1v) is 6.24. The maximum Gasteiger partial charge on any atom is 0.320 e. The summed E-state index contributed by atoms with van der Waals surface area (Å²) in [5.74, 6) is -0.935. The van der Waals surface area contributed by atoms with E-state index in [-0.39, 0.29) is 31.5 Å². The second kappa shape index (κ2) is 6.98. The molecular weight excluding hydrogens is 246 g/mol. The molecule has 0 aromatic carbocycles. The number of nitrogens with zero attached hydrogens (tertiary/aromatic N) is 3. The van der Waals surface area contributed by atoms with Crippen LogP contribution in [0.3, 0.4) is 0 Å². The summed E-state index contributed by atoms with van der Waals surface area (Å²) in [6, 6.07) is 1.57. The van der Waals surface area contributed by atoms with E-state index >= 15 is 0 Å². The van der Waals surface area contributed by atoms with Gasteiger partial charge in [-0.25, -0.2) is 4.79 Å². The topological polar surface area (TPSA) is 84.6 Å². The summed E-state index contributed by atoms with van der Waals surface area (Å²) >= 11 is 0. The van der Waals surface area contributed by atoms with Gasteiger partial charge in [0, 0.05) is 25.2 Å². The fourth-order valence-electron chi connectivity index (χ4n) is 1.57. The molecule has 1 unspecified atom stereocenters. The quantitative estimate of drug-likeness (QED) is 0.826. The summed E-state index contributed by atoms with van der Waals surface area (Å²) in [6.07, 6.45) is 0.155. The number of urea groups is 1. The molecule has 0 aliphatic rings. The van der Waals surface area contributed by atoms with Crippen molar-refractivity contribution >= 4 is 12.0 Å². The van der Waals surface area contributed by atoms with Gasteiger partial charge in [-0.05, 0) is 27.7 Å². The number of hydrogen-bond acceptors (Lipinski definition) is 3. The molecule has 0 radical (unpaired) electrons. The molecular formula is C13H23N3O3. The Hall–Kier alpha value is -1.77. The average Bonchev–Trinajstić information content (AvgIpc) is 2.26. The molecule has 6 nitrogen and oxygen atoms in total. The molecule has 19 heavy (non-hydrogen) atoms. The van der Waals surface area contributed by atoms with Gasteiger partial charge in [-0.15, -0.1) is 0 Å². The highest BCUT2D eigenvalue weighted by Crippen LogP contribution is 2.17. The molecule has 1 N–H and O–H groups in total. The smallest absolute Gasteiger partial charge is 0.320 e. The Bertz CT molecular complexity index is 368. The summed E-state index contributed by atoms with van der Waals surface area (Å²) in [4.78, 5) is 26.0. The molecule has 0 saturated carbocycles. The van der Waals surface area contributed by atoms with Gasteiger partial charge in [0.25, 0.3) is 0 Å². The normalized spacial score (nSPS) is 12.4. The molecule has 6 heteroatoms. The monoisotopic (exact) mass is 269 g/mol. The third kappa shape index (κ3) is 5.60. The van der Waals surface area contributed by atoms with Crippen LogP contribution in [-0.4, -0.2) is 52.1 Å². The van der Waals surface area contributed by atoms with Crippen LogP contribution < -0.4 is 0 Å². The summed E-state index contributed by atoms with van der Waals surface area (Å²) in [5, 5.41) is 17.4. The molecule has 0 aliphatic carbocycles. The number of carboxylic acid groups (broad SMARTS) is 1. The van der Waals surface area contributed by atoms with Gasteiger partial charge in [-0.3, -0.25) is 4.79 Å². The summed E-state index contributed by atoms with van der Waals surface area (Å²) < 4.78 is 0. The summed E-state index contributed by atoms with van der Waals surface area (Å²) in [6.45, 7) is 7.51.